The topological polar surface area (TPSA) is 106 Å². The van der Waals surface area contributed by atoms with Crippen molar-refractivity contribution in [2.75, 3.05) is 25.1 Å². The number of hydrogen-bond donors (Lipinski definition) is 1. The number of nitriles is 1. The van der Waals surface area contributed by atoms with Crippen LogP contribution in [0.4, 0.5) is 5.13 Å². The maximum absolute atomic E-state index is 12.6. The SMILES string of the molecule is CCCc1nnc(NC(=O)C(C#N)=Cc2ccc(OCCOc3cccc(C)c3)c(OCC)c2)s1. The Balaban J connectivity index is 1.65. The number of hydrogen-bond acceptors (Lipinski definition) is 8. The standard InChI is InChI=1S/C26H28N4O4S/c1-4-7-24-29-30-26(35-24)28-25(31)20(17-27)15-19-10-11-22(23(16-19)32-5-2)34-13-12-33-21-9-6-8-18(3)14-21/h6,8-11,14-16H,4-5,7,12-13H2,1-3H3,(H,28,30,31). The summed E-state index contributed by atoms with van der Waals surface area (Å²) in [4.78, 5) is 12.6. The Morgan fingerprint density at radius 2 is 1.91 bits per heavy atom. The molecule has 9 heteroatoms. The second-order valence-corrected chi connectivity index (χ2v) is 8.59. The minimum atomic E-state index is -0.543. The Kier molecular flexibility index (Phi) is 9.63. The smallest absolute Gasteiger partial charge is 0.268 e. The van der Waals surface area contributed by atoms with E-state index in [9.17, 15) is 10.1 Å². The minimum Gasteiger partial charge on any atom is -0.490 e. The van der Waals surface area contributed by atoms with E-state index in [1.54, 1.807) is 18.2 Å². The molecule has 0 saturated heterocycles. The second-order valence-electron chi connectivity index (χ2n) is 7.53. The van der Waals surface area contributed by atoms with Crippen LogP contribution in [0.1, 0.15) is 36.4 Å². The van der Waals surface area contributed by atoms with Crippen LogP contribution in [0, 0.1) is 18.3 Å². The van der Waals surface area contributed by atoms with Gasteiger partial charge in [0.2, 0.25) is 5.13 Å². The highest BCUT2D eigenvalue weighted by molar-refractivity contribution is 7.15. The fraction of sp³-hybridized carbons (Fsp3) is 0.308. The fourth-order valence-corrected chi connectivity index (χ4v) is 3.95. The number of amides is 1. The Morgan fingerprint density at radius 3 is 2.66 bits per heavy atom. The molecule has 0 bridgehead atoms. The summed E-state index contributed by atoms with van der Waals surface area (Å²) in [6.07, 6.45) is 3.23. The van der Waals surface area contributed by atoms with Gasteiger partial charge in [-0.3, -0.25) is 10.1 Å². The number of carbonyl (C=O) groups excluding carboxylic acids is 1. The first-order chi connectivity index (χ1) is 17.0. The highest BCUT2D eigenvalue weighted by Crippen LogP contribution is 2.29. The first kappa shape index (κ1) is 25.7. The van der Waals surface area contributed by atoms with Crippen molar-refractivity contribution in [1.82, 2.24) is 10.2 Å². The van der Waals surface area contributed by atoms with Gasteiger partial charge in [-0.1, -0.05) is 36.5 Å². The third kappa shape index (κ3) is 7.83. The van der Waals surface area contributed by atoms with Crippen LogP contribution in [-0.4, -0.2) is 35.9 Å². The average molecular weight is 493 g/mol. The van der Waals surface area contributed by atoms with Gasteiger partial charge in [-0.15, -0.1) is 10.2 Å². The Bertz CT molecular complexity index is 1220. The highest BCUT2D eigenvalue weighted by atomic mass is 32.1. The summed E-state index contributed by atoms with van der Waals surface area (Å²) >= 11 is 1.30. The second kappa shape index (κ2) is 13.1. The van der Waals surface area contributed by atoms with Crippen LogP contribution in [0.3, 0.4) is 0 Å². The van der Waals surface area contributed by atoms with Crippen molar-refractivity contribution in [1.29, 1.82) is 5.26 Å². The number of aryl methyl sites for hydroxylation is 2. The fourth-order valence-electron chi connectivity index (χ4n) is 3.12. The van der Waals surface area contributed by atoms with Crippen LogP contribution in [0.15, 0.2) is 48.0 Å². The molecule has 0 unspecified atom stereocenters. The normalized spacial score (nSPS) is 11.0. The van der Waals surface area contributed by atoms with Gasteiger partial charge in [0, 0.05) is 6.42 Å². The van der Waals surface area contributed by atoms with Crippen LogP contribution in [0.5, 0.6) is 17.2 Å². The molecule has 1 aromatic heterocycles. The number of aromatic nitrogens is 2. The lowest BCUT2D eigenvalue weighted by molar-refractivity contribution is -0.112. The van der Waals surface area contributed by atoms with Crippen molar-refractivity contribution in [3.63, 3.8) is 0 Å². The molecule has 1 heterocycles. The van der Waals surface area contributed by atoms with Crippen molar-refractivity contribution < 1.29 is 19.0 Å². The monoisotopic (exact) mass is 492 g/mol. The molecule has 3 rings (SSSR count). The third-order valence-corrected chi connectivity index (χ3v) is 5.59. The van der Waals surface area contributed by atoms with Crippen molar-refractivity contribution in [3.8, 4) is 23.3 Å². The molecule has 0 spiro atoms. The van der Waals surface area contributed by atoms with Gasteiger partial charge in [0.1, 0.15) is 35.6 Å². The van der Waals surface area contributed by atoms with Gasteiger partial charge in [0.05, 0.1) is 6.61 Å². The lowest BCUT2D eigenvalue weighted by atomic mass is 10.1. The van der Waals surface area contributed by atoms with Crippen molar-refractivity contribution in [3.05, 3.63) is 64.2 Å². The summed E-state index contributed by atoms with van der Waals surface area (Å²) < 4.78 is 17.3. The Morgan fingerprint density at radius 1 is 1.09 bits per heavy atom. The van der Waals surface area contributed by atoms with Gasteiger partial charge in [-0.05, 0) is 61.7 Å². The Hall–Kier alpha value is -3.90. The summed E-state index contributed by atoms with van der Waals surface area (Å²) in [5.41, 5.74) is 1.70. The molecule has 3 aromatic rings. The highest BCUT2D eigenvalue weighted by Gasteiger charge is 2.14. The van der Waals surface area contributed by atoms with E-state index in [0.717, 1.165) is 29.2 Å². The van der Waals surface area contributed by atoms with E-state index in [1.807, 2.05) is 51.1 Å². The molecule has 2 aromatic carbocycles. The maximum atomic E-state index is 12.6. The van der Waals surface area contributed by atoms with Gasteiger partial charge < -0.3 is 14.2 Å². The molecule has 1 amide bonds. The van der Waals surface area contributed by atoms with Crippen LogP contribution in [0.2, 0.25) is 0 Å². The molecule has 0 aliphatic carbocycles. The zero-order valence-corrected chi connectivity index (χ0v) is 20.9. The predicted molar refractivity (Wildman–Crippen MR) is 136 cm³/mol. The van der Waals surface area contributed by atoms with E-state index in [4.69, 9.17) is 14.2 Å². The zero-order valence-electron chi connectivity index (χ0n) is 20.0. The zero-order chi connectivity index (χ0) is 25.0. The average Bonchev–Trinajstić information content (AvgIpc) is 3.28. The molecule has 0 radical (unpaired) electrons. The summed E-state index contributed by atoms with van der Waals surface area (Å²) in [5.74, 6) is 1.31. The summed E-state index contributed by atoms with van der Waals surface area (Å²) in [5, 5.41) is 21.4. The molecular weight excluding hydrogens is 464 g/mol. The van der Waals surface area contributed by atoms with E-state index >= 15 is 0 Å². The number of nitrogens with zero attached hydrogens (tertiary/aromatic N) is 3. The molecule has 0 aliphatic heterocycles. The quantitative estimate of drug-likeness (QED) is 0.210. The van der Waals surface area contributed by atoms with Crippen molar-refractivity contribution >= 4 is 28.5 Å². The Labute approximate surface area is 209 Å². The lowest BCUT2D eigenvalue weighted by Crippen LogP contribution is -2.13. The first-order valence-corrected chi connectivity index (χ1v) is 12.2. The summed E-state index contributed by atoms with van der Waals surface area (Å²) in [6, 6.07) is 15.0. The van der Waals surface area contributed by atoms with Gasteiger partial charge >= 0.3 is 0 Å². The number of nitrogens with one attached hydrogen (secondary N) is 1. The lowest BCUT2D eigenvalue weighted by Gasteiger charge is -2.13. The molecule has 8 nitrogen and oxygen atoms in total. The molecule has 35 heavy (non-hydrogen) atoms. The molecule has 0 saturated carbocycles. The molecule has 0 atom stereocenters. The van der Waals surface area contributed by atoms with Gasteiger partial charge in [-0.25, -0.2) is 0 Å². The van der Waals surface area contributed by atoms with E-state index in [2.05, 4.69) is 15.5 Å². The van der Waals surface area contributed by atoms with Crippen LogP contribution in [0.25, 0.3) is 6.08 Å². The number of ether oxygens (including phenoxy) is 3. The van der Waals surface area contributed by atoms with Crippen LogP contribution in [-0.2, 0) is 11.2 Å². The number of benzene rings is 2. The number of anilines is 1. The molecular formula is C26H28N4O4S. The molecule has 0 fully saturated rings. The third-order valence-electron chi connectivity index (χ3n) is 4.69. The summed E-state index contributed by atoms with van der Waals surface area (Å²) in [6.45, 7) is 7.07. The van der Waals surface area contributed by atoms with Gasteiger partial charge in [0.15, 0.2) is 11.5 Å². The first-order valence-electron chi connectivity index (χ1n) is 11.4. The minimum absolute atomic E-state index is 0.0556. The van der Waals surface area contributed by atoms with Crippen molar-refractivity contribution in [2.24, 2.45) is 0 Å². The van der Waals surface area contributed by atoms with E-state index < -0.39 is 5.91 Å². The van der Waals surface area contributed by atoms with Gasteiger partial charge in [0.25, 0.3) is 5.91 Å². The maximum Gasteiger partial charge on any atom is 0.268 e. The van der Waals surface area contributed by atoms with Gasteiger partial charge in [-0.2, -0.15) is 5.26 Å². The summed E-state index contributed by atoms with van der Waals surface area (Å²) in [7, 11) is 0. The van der Waals surface area contributed by atoms with Crippen LogP contribution < -0.4 is 19.5 Å². The number of rotatable bonds is 12. The van der Waals surface area contributed by atoms with Crippen molar-refractivity contribution in [2.45, 2.75) is 33.6 Å². The molecule has 1 N–H and O–H groups in total. The molecule has 0 aliphatic rings. The predicted octanol–water partition coefficient (Wildman–Crippen LogP) is 5.20. The van der Waals surface area contributed by atoms with E-state index in [1.165, 1.54) is 17.4 Å². The van der Waals surface area contributed by atoms with E-state index in [-0.39, 0.29) is 5.57 Å². The molecule has 182 valence electrons. The largest absolute Gasteiger partial charge is 0.490 e. The number of carbonyl (C=O) groups is 1. The van der Waals surface area contributed by atoms with Crippen LogP contribution >= 0.6 is 11.3 Å². The van der Waals surface area contributed by atoms with E-state index in [0.29, 0.717) is 42.0 Å².